The highest BCUT2D eigenvalue weighted by Crippen LogP contribution is 2.21. The van der Waals surface area contributed by atoms with Gasteiger partial charge in [0.15, 0.2) is 0 Å². The first kappa shape index (κ1) is 11.4. The van der Waals surface area contributed by atoms with Crippen LogP contribution in [0.15, 0.2) is 0 Å². The molecule has 2 atom stereocenters. The second-order valence-corrected chi connectivity index (χ2v) is 4.88. The highest BCUT2D eigenvalue weighted by Gasteiger charge is 2.31. The Balaban J connectivity index is 1.95. The van der Waals surface area contributed by atoms with Crippen molar-refractivity contribution in [1.82, 2.24) is 10.2 Å². The maximum absolute atomic E-state index is 5.75. The molecule has 0 aromatic heterocycles. The van der Waals surface area contributed by atoms with Gasteiger partial charge in [0.1, 0.15) is 0 Å². The molecule has 88 valence electrons. The third kappa shape index (κ3) is 2.71. The van der Waals surface area contributed by atoms with Crippen molar-refractivity contribution >= 4 is 0 Å². The van der Waals surface area contributed by atoms with Crippen LogP contribution >= 0.6 is 0 Å². The van der Waals surface area contributed by atoms with Crippen LogP contribution < -0.4 is 5.32 Å². The molecular formula is C12H24N2O. The minimum atomic E-state index is 0.419. The molecule has 0 radical (unpaired) electrons. The number of ether oxygens (including phenoxy) is 1. The zero-order chi connectivity index (χ0) is 10.7. The molecule has 0 amide bonds. The van der Waals surface area contributed by atoms with Gasteiger partial charge in [-0.1, -0.05) is 6.92 Å². The van der Waals surface area contributed by atoms with Crippen molar-refractivity contribution < 1.29 is 4.74 Å². The molecule has 2 fully saturated rings. The molecule has 0 aromatic carbocycles. The molecule has 2 saturated heterocycles. The number of rotatable bonds is 2. The Hall–Kier alpha value is -0.120. The zero-order valence-corrected chi connectivity index (χ0v) is 10.0. The maximum atomic E-state index is 5.75. The van der Waals surface area contributed by atoms with E-state index in [2.05, 4.69) is 24.1 Å². The molecule has 0 spiro atoms. The Bertz CT molecular complexity index is 192. The average Bonchev–Trinajstić information content (AvgIpc) is 2.30. The van der Waals surface area contributed by atoms with Gasteiger partial charge in [0.2, 0.25) is 0 Å². The van der Waals surface area contributed by atoms with E-state index in [1.807, 2.05) is 0 Å². The van der Waals surface area contributed by atoms with Crippen LogP contribution in [0.5, 0.6) is 0 Å². The van der Waals surface area contributed by atoms with E-state index in [1.54, 1.807) is 0 Å². The minimum Gasteiger partial charge on any atom is -0.376 e. The van der Waals surface area contributed by atoms with Crippen LogP contribution in [0.1, 0.15) is 33.1 Å². The third-order valence-electron chi connectivity index (χ3n) is 3.76. The van der Waals surface area contributed by atoms with Crippen LogP contribution in [0.3, 0.4) is 0 Å². The summed E-state index contributed by atoms with van der Waals surface area (Å²) in [7, 11) is 0. The molecule has 3 nitrogen and oxygen atoms in total. The molecule has 2 rings (SSSR count). The smallest absolute Gasteiger partial charge is 0.0674 e. The number of nitrogens with one attached hydrogen (secondary N) is 1. The largest absolute Gasteiger partial charge is 0.376 e. The lowest BCUT2D eigenvalue weighted by molar-refractivity contribution is -0.0763. The zero-order valence-electron chi connectivity index (χ0n) is 10.0. The molecule has 2 aliphatic rings. The molecule has 0 aliphatic carbocycles. The lowest BCUT2D eigenvalue weighted by Crippen LogP contribution is -2.55. The van der Waals surface area contributed by atoms with E-state index in [0.717, 1.165) is 19.2 Å². The van der Waals surface area contributed by atoms with Crippen LogP contribution in [-0.4, -0.2) is 49.3 Å². The first-order chi connectivity index (χ1) is 7.31. The molecule has 3 heteroatoms. The van der Waals surface area contributed by atoms with E-state index in [0.29, 0.717) is 12.1 Å². The average molecular weight is 212 g/mol. The lowest BCUT2D eigenvalue weighted by Gasteiger charge is -2.44. The first-order valence-corrected chi connectivity index (χ1v) is 6.39. The summed E-state index contributed by atoms with van der Waals surface area (Å²) in [6.45, 7) is 8.91. The van der Waals surface area contributed by atoms with Gasteiger partial charge in [-0.25, -0.2) is 0 Å². The summed E-state index contributed by atoms with van der Waals surface area (Å²) in [5, 5.41) is 3.44. The number of nitrogens with zero attached hydrogens (tertiary/aromatic N) is 1. The van der Waals surface area contributed by atoms with Gasteiger partial charge in [0.25, 0.3) is 0 Å². The molecule has 0 saturated carbocycles. The van der Waals surface area contributed by atoms with E-state index in [9.17, 15) is 0 Å². The summed E-state index contributed by atoms with van der Waals surface area (Å²) in [5.41, 5.74) is 0. The molecule has 1 N–H and O–H groups in total. The van der Waals surface area contributed by atoms with Gasteiger partial charge in [0, 0.05) is 18.6 Å². The van der Waals surface area contributed by atoms with Crippen molar-refractivity contribution in [2.24, 2.45) is 0 Å². The van der Waals surface area contributed by atoms with Crippen LogP contribution in [0.25, 0.3) is 0 Å². The summed E-state index contributed by atoms with van der Waals surface area (Å²) in [6.07, 6.45) is 4.26. The van der Waals surface area contributed by atoms with Crippen molar-refractivity contribution in [3.8, 4) is 0 Å². The summed E-state index contributed by atoms with van der Waals surface area (Å²) < 4.78 is 5.75. The van der Waals surface area contributed by atoms with E-state index >= 15 is 0 Å². The number of hydrogen-bond acceptors (Lipinski definition) is 3. The van der Waals surface area contributed by atoms with Gasteiger partial charge >= 0.3 is 0 Å². The molecule has 15 heavy (non-hydrogen) atoms. The van der Waals surface area contributed by atoms with Crippen molar-refractivity contribution in [1.29, 1.82) is 0 Å². The fourth-order valence-corrected chi connectivity index (χ4v) is 2.81. The third-order valence-corrected chi connectivity index (χ3v) is 3.76. The monoisotopic (exact) mass is 212 g/mol. The van der Waals surface area contributed by atoms with Crippen LogP contribution in [0.2, 0.25) is 0 Å². The summed E-state index contributed by atoms with van der Waals surface area (Å²) in [6, 6.07) is 1.45. The standard InChI is InChI=1S/C12H24N2O/c1-3-11-9-15-10(2)8-14(11)12-4-6-13-7-5-12/h10-13H,3-9H2,1-2H3. The Labute approximate surface area is 93.2 Å². The van der Waals surface area contributed by atoms with Crippen molar-refractivity contribution in [3.63, 3.8) is 0 Å². The van der Waals surface area contributed by atoms with E-state index < -0.39 is 0 Å². The second kappa shape index (κ2) is 5.28. The Morgan fingerprint density at radius 1 is 1.33 bits per heavy atom. The topological polar surface area (TPSA) is 24.5 Å². The summed E-state index contributed by atoms with van der Waals surface area (Å²) in [5.74, 6) is 0. The fourth-order valence-electron chi connectivity index (χ4n) is 2.81. The van der Waals surface area contributed by atoms with Gasteiger partial charge in [-0.2, -0.15) is 0 Å². The predicted molar refractivity (Wildman–Crippen MR) is 62.1 cm³/mol. The van der Waals surface area contributed by atoms with Crippen molar-refractivity contribution in [3.05, 3.63) is 0 Å². The molecular weight excluding hydrogens is 188 g/mol. The van der Waals surface area contributed by atoms with Crippen molar-refractivity contribution in [2.75, 3.05) is 26.2 Å². The van der Waals surface area contributed by atoms with Crippen molar-refractivity contribution in [2.45, 2.75) is 51.3 Å². The summed E-state index contributed by atoms with van der Waals surface area (Å²) in [4.78, 5) is 2.70. The molecule has 0 bridgehead atoms. The van der Waals surface area contributed by atoms with E-state index in [1.165, 1.54) is 32.4 Å². The van der Waals surface area contributed by atoms with Gasteiger partial charge in [-0.05, 0) is 39.3 Å². The number of morpholine rings is 1. The van der Waals surface area contributed by atoms with Crippen LogP contribution in [0, 0.1) is 0 Å². The summed E-state index contributed by atoms with van der Waals surface area (Å²) >= 11 is 0. The number of hydrogen-bond donors (Lipinski definition) is 1. The normalized spacial score (nSPS) is 35.6. The van der Waals surface area contributed by atoms with E-state index in [4.69, 9.17) is 4.74 Å². The van der Waals surface area contributed by atoms with Gasteiger partial charge < -0.3 is 10.1 Å². The Kier molecular flexibility index (Phi) is 4.00. The molecule has 0 aromatic rings. The minimum absolute atomic E-state index is 0.419. The highest BCUT2D eigenvalue weighted by atomic mass is 16.5. The Morgan fingerprint density at radius 2 is 2.07 bits per heavy atom. The quantitative estimate of drug-likeness (QED) is 0.745. The van der Waals surface area contributed by atoms with Gasteiger partial charge in [0.05, 0.1) is 12.7 Å². The van der Waals surface area contributed by atoms with Crippen LogP contribution in [0.4, 0.5) is 0 Å². The molecule has 2 heterocycles. The van der Waals surface area contributed by atoms with Crippen LogP contribution in [-0.2, 0) is 4.74 Å². The molecule has 2 unspecified atom stereocenters. The lowest BCUT2D eigenvalue weighted by atomic mass is 10.00. The van der Waals surface area contributed by atoms with Gasteiger partial charge in [-0.15, -0.1) is 0 Å². The number of piperidine rings is 1. The highest BCUT2D eigenvalue weighted by molar-refractivity contribution is 4.86. The SMILES string of the molecule is CCC1COC(C)CN1C1CCNCC1. The fraction of sp³-hybridized carbons (Fsp3) is 1.00. The predicted octanol–water partition coefficient (Wildman–Crippen LogP) is 1.24. The maximum Gasteiger partial charge on any atom is 0.0674 e. The van der Waals surface area contributed by atoms with Gasteiger partial charge in [-0.3, -0.25) is 4.90 Å². The van der Waals surface area contributed by atoms with E-state index in [-0.39, 0.29) is 0 Å². The Morgan fingerprint density at radius 3 is 2.73 bits per heavy atom. The first-order valence-electron chi connectivity index (χ1n) is 6.39. The second-order valence-electron chi connectivity index (χ2n) is 4.88. The molecule has 2 aliphatic heterocycles.